The molecule has 0 spiro atoms. The van der Waals surface area contributed by atoms with E-state index in [9.17, 15) is 22.9 Å². The van der Waals surface area contributed by atoms with Crippen molar-refractivity contribution >= 4 is 21.6 Å². The Morgan fingerprint density at radius 1 is 0.978 bits per heavy atom. The Morgan fingerprint density at radius 3 is 2.33 bits per heavy atom. The molecule has 1 saturated carbocycles. The fourth-order valence-corrected chi connectivity index (χ4v) is 9.21. The second kappa shape index (κ2) is 13.4. The fraction of sp³-hybridized carbons (Fsp3) is 0.444. The van der Waals surface area contributed by atoms with Crippen LogP contribution in [0.1, 0.15) is 37.7 Å². The van der Waals surface area contributed by atoms with Gasteiger partial charge in [0.05, 0.1) is 21.3 Å². The van der Waals surface area contributed by atoms with Crippen molar-refractivity contribution < 1.29 is 22.3 Å². The van der Waals surface area contributed by atoms with Crippen molar-refractivity contribution in [2.24, 2.45) is 17.8 Å². The molecule has 0 aromatic heterocycles. The predicted octanol–water partition coefficient (Wildman–Crippen LogP) is 5.79. The monoisotopic (exact) mass is 644 g/mol. The summed E-state index contributed by atoms with van der Waals surface area (Å²) in [5, 5.41) is 13.4. The smallest absolute Gasteiger partial charge is 0.407 e. The number of nitrogens with one attached hydrogen (secondary N) is 1. The molecular weight excluding hydrogens is 603 g/mol. The molecule has 2 heterocycles. The second-order valence-electron chi connectivity index (χ2n) is 12.9. The van der Waals surface area contributed by atoms with Gasteiger partial charge in [0.1, 0.15) is 11.9 Å². The van der Waals surface area contributed by atoms with Crippen LogP contribution in [0.5, 0.6) is 0 Å². The number of rotatable bonds is 9. The summed E-state index contributed by atoms with van der Waals surface area (Å²) in [7, 11) is -2.01. The Balaban J connectivity index is 1.08. The van der Waals surface area contributed by atoms with Crippen molar-refractivity contribution in [1.29, 1.82) is 5.26 Å². The van der Waals surface area contributed by atoms with Gasteiger partial charge in [-0.25, -0.2) is 17.6 Å². The van der Waals surface area contributed by atoms with Crippen LogP contribution in [0, 0.1) is 34.9 Å². The molecule has 1 aliphatic carbocycles. The van der Waals surface area contributed by atoms with Crippen molar-refractivity contribution in [1.82, 2.24) is 10.2 Å². The van der Waals surface area contributed by atoms with E-state index in [1.54, 1.807) is 48.5 Å². The molecule has 2 saturated heterocycles. The number of hydrogen-bond donors (Lipinski definition) is 1. The summed E-state index contributed by atoms with van der Waals surface area (Å²) < 4.78 is 46.2. The van der Waals surface area contributed by atoms with Crippen LogP contribution < -0.4 is 10.2 Å². The van der Waals surface area contributed by atoms with Crippen molar-refractivity contribution in [2.75, 3.05) is 44.7 Å². The van der Waals surface area contributed by atoms with Crippen LogP contribution >= 0.6 is 0 Å². The molecule has 46 heavy (non-hydrogen) atoms. The number of nitrogens with zero attached hydrogens (tertiary/aromatic N) is 3. The van der Waals surface area contributed by atoms with E-state index in [4.69, 9.17) is 4.74 Å². The molecule has 242 valence electrons. The molecule has 0 radical (unpaired) electrons. The maximum Gasteiger partial charge on any atom is 0.407 e. The zero-order valence-corrected chi connectivity index (χ0v) is 27.0. The highest BCUT2D eigenvalue weighted by Gasteiger charge is 2.53. The molecule has 1 amide bonds. The number of carbonyl (C=O) groups excluding carboxylic acids is 1. The van der Waals surface area contributed by atoms with E-state index in [1.807, 2.05) is 18.2 Å². The van der Waals surface area contributed by atoms with Gasteiger partial charge in [-0.2, -0.15) is 5.26 Å². The molecule has 0 bridgehead atoms. The lowest BCUT2D eigenvalue weighted by Gasteiger charge is -2.47. The number of nitriles is 1. The molecule has 3 aromatic rings. The highest BCUT2D eigenvalue weighted by Crippen LogP contribution is 2.51. The number of alkyl carbamates (subject to hydrolysis) is 1. The molecule has 8 nitrogen and oxygen atoms in total. The minimum absolute atomic E-state index is 0.0120. The Kier molecular flexibility index (Phi) is 9.34. The largest absolute Gasteiger partial charge is 0.446 e. The number of sulfone groups is 1. The zero-order valence-electron chi connectivity index (χ0n) is 26.1. The van der Waals surface area contributed by atoms with E-state index in [1.165, 1.54) is 19.2 Å². The molecule has 0 unspecified atom stereocenters. The van der Waals surface area contributed by atoms with Crippen molar-refractivity contribution in [2.45, 2.75) is 53.4 Å². The van der Waals surface area contributed by atoms with Crippen LogP contribution in [0.3, 0.4) is 0 Å². The Hall–Kier alpha value is -3.94. The van der Waals surface area contributed by atoms with E-state index in [-0.39, 0.29) is 22.5 Å². The Morgan fingerprint density at radius 2 is 1.67 bits per heavy atom. The van der Waals surface area contributed by atoms with Crippen LogP contribution in [-0.2, 0) is 20.0 Å². The first-order valence-corrected chi connectivity index (χ1v) is 17.7. The number of piperidine rings is 1. The predicted molar refractivity (Wildman–Crippen MR) is 174 cm³/mol. The molecule has 6 rings (SSSR count). The van der Waals surface area contributed by atoms with Gasteiger partial charge in [-0.1, -0.05) is 30.3 Å². The van der Waals surface area contributed by atoms with E-state index in [2.05, 4.69) is 21.2 Å². The molecule has 10 heteroatoms. The van der Waals surface area contributed by atoms with Gasteiger partial charge in [-0.3, -0.25) is 0 Å². The summed E-state index contributed by atoms with van der Waals surface area (Å²) in [4.78, 5) is 17.5. The van der Waals surface area contributed by atoms with Crippen LogP contribution in [0.4, 0.5) is 14.9 Å². The highest BCUT2D eigenvalue weighted by atomic mass is 32.2. The van der Waals surface area contributed by atoms with Gasteiger partial charge < -0.3 is 19.9 Å². The SMILES string of the molecule is CNC(=O)O[C@H]1CCC[C@@H]1[C@](C#N)(c1cccc(F)c1)C1CCN(CC2CN(c3ccc(S(=O)(=O)c4ccccc4)cc3)C2)CC1. The van der Waals surface area contributed by atoms with E-state index in [0.29, 0.717) is 22.8 Å². The number of hydrogen-bond acceptors (Lipinski definition) is 7. The van der Waals surface area contributed by atoms with E-state index >= 15 is 0 Å². The summed E-state index contributed by atoms with van der Waals surface area (Å²) in [5.74, 6) is -0.0628. The number of amides is 1. The number of ether oxygens (including phenoxy) is 1. The van der Waals surface area contributed by atoms with E-state index in [0.717, 1.165) is 64.1 Å². The minimum atomic E-state index is -3.54. The quantitative estimate of drug-likeness (QED) is 0.315. The average molecular weight is 645 g/mol. The maximum atomic E-state index is 14.6. The maximum absolute atomic E-state index is 14.6. The summed E-state index contributed by atoms with van der Waals surface area (Å²) in [5.41, 5.74) is 0.751. The lowest BCUT2D eigenvalue weighted by molar-refractivity contribution is 0.0306. The number of benzene rings is 3. The van der Waals surface area contributed by atoms with Crippen LogP contribution in [-0.4, -0.2) is 65.3 Å². The van der Waals surface area contributed by atoms with Crippen molar-refractivity contribution in [3.8, 4) is 6.07 Å². The molecule has 3 fully saturated rings. The van der Waals surface area contributed by atoms with Gasteiger partial charge in [-0.15, -0.1) is 0 Å². The molecular formula is C36H41FN4O4S. The van der Waals surface area contributed by atoms with Crippen molar-refractivity contribution in [3.63, 3.8) is 0 Å². The Bertz CT molecular complexity index is 1670. The first kappa shape index (κ1) is 32.0. The first-order valence-electron chi connectivity index (χ1n) is 16.2. The summed E-state index contributed by atoms with van der Waals surface area (Å²) >= 11 is 0. The second-order valence-corrected chi connectivity index (χ2v) is 14.8. The summed E-state index contributed by atoms with van der Waals surface area (Å²) in [6, 6.07) is 24.7. The first-order chi connectivity index (χ1) is 22.2. The Labute approximate surface area is 271 Å². The fourth-order valence-electron chi connectivity index (χ4n) is 7.93. The van der Waals surface area contributed by atoms with E-state index < -0.39 is 27.4 Å². The molecule has 3 aliphatic rings. The van der Waals surface area contributed by atoms with Crippen LogP contribution in [0.15, 0.2) is 88.7 Å². The third-order valence-electron chi connectivity index (χ3n) is 10.3. The van der Waals surface area contributed by atoms with Gasteiger partial charge in [0.25, 0.3) is 0 Å². The summed E-state index contributed by atoms with van der Waals surface area (Å²) in [6.07, 6.45) is 3.02. The molecule has 3 atom stereocenters. The average Bonchev–Trinajstić information content (AvgIpc) is 3.52. The van der Waals surface area contributed by atoms with Crippen LogP contribution in [0.25, 0.3) is 0 Å². The zero-order chi connectivity index (χ0) is 32.3. The number of carbonyl (C=O) groups is 1. The lowest BCUT2D eigenvalue weighted by Crippen LogP contribution is -2.54. The summed E-state index contributed by atoms with van der Waals surface area (Å²) in [6.45, 7) is 4.45. The highest BCUT2D eigenvalue weighted by molar-refractivity contribution is 7.91. The normalized spacial score (nSPS) is 22.4. The molecule has 2 aliphatic heterocycles. The van der Waals surface area contributed by atoms with Gasteiger partial charge in [0, 0.05) is 44.2 Å². The number of likely N-dealkylation sites (tertiary alicyclic amines) is 1. The number of halogens is 1. The van der Waals surface area contributed by atoms with Gasteiger partial charge in [-0.05, 0) is 105 Å². The van der Waals surface area contributed by atoms with Gasteiger partial charge >= 0.3 is 6.09 Å². The topological polar surface area (TPSA) is 103 Å². The van der Waals surface area contributed by atoms with Crippen LogP contribution in [0.2, 0.25) is 0 Å². The van der Waals surface area contributed by atoms with Crippen molar-refractivity contribution in [3.05, 3.63) is 90.2 Å². The number of anilines is 1. The molecule has 1 N–H and O–H groups in total. The lowest BCUT2D eigenvalue weighted by atomic mass is 9.59. The standard InChI is InChI=1S/C36H41FN4O4S/c1-39-35(42)45-34-12-6-11-33(34)36(25-38,28-7-5-8-29(37)21-28)27-17-19-40(20-18-27)22-26-23-41(24-26)30-13-15-32(16-14-30)46(43,44)31-9-3-2-4-10-31/h2-5,7-10,13-16,21,26-27,33-34H,6,11-12,17-20,22-24H2,1H3,(H,39,42)/t33-,34-,36-/m0/s1. The van der Waals surface area contributed by atoms with Gasteiger partial charge in [0.2, 0.25) is 9.84 Å². The minimum Gasteiger partial charge on any atom is -0.446 e. The third kappa shape index (κ3) is 6.23. The molecule has 3 aromatic carbocycles. The van der Waals surface area contributed by atoms with Gasteiger partial charge in [0.15, 0.2) is 0 Å². The third-order valence-corrected chi connectivity index (χ3v) is 12.0.